The molecule has 0 aromatic heterocycles. The first-order valence-corrected chi connectivity index (χ1v) is 10.6. The summed E-state index contributed by atoms with van der Waals surface area (Å²) in [7, 11) is 0. The van der Waals surface area contributed by atoms with Crippen molar-refractivity contribution in [1.29, 1.82) is 0 Å². The Balaban J connectivity index is 1.64. The quantitative estimate of drug-likeness (QED) is 0.402. The summed E-state index contributed by atoms with van der Waals surface area (Å²) in [5, 5.41) is -0.0167. The van der Waals surface area contributed by atoms with Crippen molar-refractivity contribution in [2.24, 2.45) is 0 Å². The molecule has 0 spiro atoms. The minimum absolute atomic E-state index is 0.0167. The number of fused-ring (bicyclic) bond motifs is 1. The highest BCUT2D eigenvalue weighted by molar-refractivity contribution is 9.10. The number of thioether (sulfide) groups is 1. The number of alkyl halides is 1. The maximum Gasteiger partial charge on any atom is 0.331 e. The molecule has 2 aromatic carbocycles. The van der Waals surface area contributed by atoms with Crippen LogP contribution in [0.25, 0.3) is 0 Å². The van der Waals surface area contributed by atoms with Crippen LogP contribution in [0.5, 0.6) is 0 Å². The van der Waals surface area contributed by atoms with E-state index in [1.165, 1.54) is 0 Å². The Hall–Kier alpha value is -1.79. The zero-order valence-corrected chi connectivity index (χ0v) is 17.4. The second kappa shape index (κ2) is 6.99. The molecule has 2 aliphatic heterocycles. The Morgan fingerprint density at radius 3 is 2.11 bits per heavy atom. The molecule has 4 rings (SSSR count). The fraction of sp³-hybridized carbons (Fsp3) is 0.333. The van der Waals surface area contributed by atoms with Crippen molar-refractivity contribution < 1.29 is 14.3 Å². The highest BCUT2D eigenvalue weighted by atomic mass is 79.9. The van der Waals surface area contributed by atoms with Crippen molar-refractivity contribution in [3.8, 4) is 0 Å². The van der Waals surface area contributed by atoms with Crippen LogP contribution < -0.4 is 0 Å². The van der Waals surface area contributed by atoms with Gasteiger partial charge < -0.3 is 9.64 Å². The summed E-state index contributed by atoms with van der Waals surface area (Å²) in [6.07, 6.45) is -0.504. The number of hydrogen-bond acceptors (Lipinski definition) is 4. The van der Waals surface area contributed by atoms with E-state index in [-0.39, 0.29) is 22.1 Å². The van der Waals surface area contributed by atoms with Gasteiger partial charge in [0.05, 0.1) is 0 Å². The van der Waals surface area contributed by atoms with Gasteiger partial charge >= 0.3 is 5.97 Å². The van der Waals surface area contributed by atoms with E-state index in [2.05, 4.69) is 15.9 Å². The largest absolute Gasteiger partial charge is 0.451 e. The molecule has 27 heavy (non-hydrogen) atoms. The fourth-order valence-electron chi connectivity index (χ4n) is 3.71. The lowest BCUT2D eigenvalue weighted by atomic mass is 9.97. The minimum Gasteiger partial charge on any atom is -0.451 e. The summed E-state index contributed by atoms with van der Waals surface area (Å²) in [5.74, 6) is -0.406. The monoisotopic (exact) mass is 445 g/mol. The maximum absolute atomic E-state index is 13.2. The van der Waals surface area contributed by atoms with Crippen molar-refractivity contribution in [2.45, 2.75) is 40.9 Å². The molecule has 140 valence electrons. The fourth-order valence-corrected chi connectivity index (χ4v) is 6.06. The Kier molecular flexibility index (Phi) is 4.80. The van der Waals surface area contributed by atoms with E-state index >= 15 is 0 Å². The van der Waals surface area contributed by atoms with E-state index in [0.717, 1.165) is 11.1 Å². The highest BCUT2D eigenvalue weighted by Gasteiger charge is 2.63. The Morgan fingerprint density at radius 1 is 1.07 bits per heavy atom. The molecule has 0 aliphatic carbocycles. The molecule has 2 aromatic rings. The zero-order chi connectivity index (χ0) is 19.2. The molecule has 0 bridgehead atoms. The van der Waals surface area contributed by atoms with Crippen molar-refractivity contribution in [3.05, 3.63) is 71.8 Å². The molecule has 0 N–H and O–H groups in total. The van der Waals surface area contributed by atoms with E-state index in [1.807, 2.05) is 74.5 Å². The molecule has 6 heteroatoms. The van der Waals surface area contributed by atoms with Gasteiger partial charge in [-0.3, -0.25) is 4.79 Å². The molecule has 4 nitrogen and oxygen atoms in total. The molecule has 2 aliphatic rings. The maximum atomic E-state index is 13.2. The standard InChI is InChI=1S/C21H20BrNO3S/c1-21(2)17(23-18(24)15(22)19(23)27-21)20(25)26-16(13-9-5-3-6-10-13)14-11-7-4-8-12-14/h3-12,15-17,19H,1-2H3/t15-,17-,19+/m0/s1. The Labute approximate surface area is 171 Å². The third-order valence-electron chi connectivity index (χ3n) is 5.04. The van der Waals surface area contributed by atoms with Crippen molar-refractivity contribution in [2.75, 3.05) is 0 Å². The van der Waals surface area contributed by atoms with Crippen LogP contribution in [0.3, 0.4) is 0 Å². The van der Waals surface area contributed by atoms with Gasteiger partial charge in [-0.05, 0) is 25.0 Å². The summed E-state index contributed by atoms with van der Waals surface area (Å²) in [5.41, 5.74) is 1.82. The third kappa shape index (κ3) is 3.19. The smallest absolute Gasteiger partial charge is 0.331 e. The number of carbonyl (C=O) groups is 2. The number of halogens is 1. The molecule has 2 fully saturated rings. The predicted molar refractivity (Wildman–Crippen MR) is 110 cm³/mol. The lowest BCUT2D eigenvalue weighted by molar-refractivity contribution is -0.163. The first kappa shape index (κ1) is 18.6. The van der Waals surface area contributed by atoms with E-state index in [0.29, 0.717) is 0 Å². The normalized spacial score (nSPS) is 25.9. The molecule has 3 atom stereocenters. The summed E-state index contributed by atoms with van der Waals surface area (Å²) in [6, 6.07) is 18.8. The second-order valence-corrected chi connectivity index (χ2v) is 10.1. The number of amides is 1. The van der Waals surface area contributed by atoms with Gasteiger partial charge in [-0.2, -0.15) is 0 Å². The summed E-state index contributed by atoms with van der Waals surface area (Å²) < 4.78 is 5.61. The van der Waals surface area contributed by atoms with Gasteiger partial charge in [0.1, 0.15) is 16.2 Å². The van der Waals surface area contributed by atoms with Gasteiger partial charge in [-0.15, -0.1) is 11.8 Å². The molecule has 0 saturated carbocycles. The molecule has 1 amide bonds. The number of ether oxygens (including phenoxy) is 1. The average molecular weight is 446 g/mol. The number of benzene rings is 2. The van der Waals surface area contributed by atoms with Crippen LogP contribution >= 0.6 is 27.7 Å². The number of esters is 1. The van der Waals surface area contributed by atoms with Crippen LogP contribution in [0.4, 0.5) is 0 Å². The molecular weight excluding hydrogens is 426 g/mol. The number of nitrogens with zero attached hydrogens (tertiary/aromatic N) is 1. The highest BCUT2D eigenvalue weighted by Crippen LogP contribution is 2.53. The lowest BCUT2D eigenvalue weighted by Crippen LogP contribution is -2.63. The lowest BCUT2D eigenvalue weighted by Gasteiger charge is -2.41. The van der Waals surface area contributed by atoms with Crippen LogP contribution in [0.15, 0.2) is 60.7 Å². The SMILES string of the molecule is CC1(C)S[C@@H]2[C@@H](Br)C(=O)N2[C@H]1C(=O)OC(c1ccccc1)c1ccccc1. The first-order valence-electron chi connectivity index (χ1n) is 8.84. The van der Waals surface area contributed by atoms with E-state index in [9.17, 15) is 9.59 Å². The van der Waals surface area contributed by atoms with Gasteiger partial charge in [0.15, 0.2) is 6.10 Å². The van der Waals surface area contributed by atoms with Crippen LogP contribution in [-0.4, -0.2) is 37.8 Å². The van der Waals surface area contributed by atoms with Gasteiger partial charge in [-0.1, -0.05) is 76.6 Å². The van der Waals surface area contributed by atoms with E-state index < -0.39 is 16.9 Å². The predicted octanol–water partition coefficient (Wildman–Crippen LogP) is 4.15. The zero-order valence-electron chi connectivity index (χ0n) is 15.0. The van der Waals surface area contributed by atoms with Crippen LogP contribution in [0.2, 0.25) is 0 Å². The van der Waals surface area contributed by atoms with Crippen molar-refractivity contribution >= 4 is 39.6 Å². The second-order valence-electron chi connectivity index (χ2n) is 7.30. The summed E-state index contributed by atoms with van der Waals surface area (Å²) in [4.78, 5) is 27.0. The number of hydrogen-bond donors (Lipinski definition) is 0. The minimum atomic E-state index is -0.594. The molecule has 2 heterocycles. The van der Waals surface area contributed by atoms with Crippen LogP contribution in [0.1, 0.15) is 31.1 Å². The van der Waals surface area contributed by atoms with Crippen molar-refractivity contribution in [1.82, 2.24) is 4.90 Å². The van der Waals surface area contributed by atoms with E-state index in [4.69, 9.17) is 4.74 Å². The molecule has 0 radical (unpaired) electrons. The molecular formula is C21H20BrNO3S. The topological polar surface area (TPSA) is 46.6 Å². The molecule has 0 unspecified atom stereocenters. The number of β-lactam (4-membered cyclic amide) rings is 1. The van der Waals surface area contributed by atoms with Gasteiger partial charge in [0.2, 0.25) is 5.91 Å². The van der Waals surface area contributed by atoms with Crippen LogP contribution in [-0.2, 0) is 14.3 Å². The van der Waals surface area contributed by atoms with Crippen LogP contribution in [0, 0.1) is 0 Å². The summed E-state index contributed by atoms with van der Waals surface area (Å²) >= 11 is 5.06. The Morgan fingerprint density at radius 2 is 1.59 bits per heavy atom. The summed E-state index contributed by atoms with van der Waals surface area (Å²) in [6.45, 7) is 3.99. The first-order chi connectivity index (χ1) is 12.9. The van der Waals surface area contributed by atoms with Crippen molar-refractivity contribution in [3.63, 3.8) is 0 Å². The van der Waals surface area contributed by atoms with Gasteiger partial charge in [-0.25, -0.2) is 4.79 Å². The third-order valence-corrected chi connectivity index (χ3v) is 7.85. The van der Waals surface area contributed by atoms with Gasteiger partial charge in [0, 0.05) is 4.75 Å². The molecule has 2 saturated heterocycles. The van der Waals surface area contributed by atoms with E-state index in [1.54, 1.807) is 16.7 Å². The number of carbonyl (C=O) groups excluding carboxylic acids is 2. The van der Waals surface area contributed by atoms with Gasteiger partial charge in [0.25, 0.3) is 0 Å². The number of rotatable bonds is 4. The Bertz CT molecular complexity index is 819. The average Bonchev–Trinajstić information content (AvgIpc) is 2.95.